The largest absolute Gasteiger partial charge is 1.00 e. The number of pyridine rings is 2. The van der Waals surface area contributed by atoms with E-state index >= 15 is 0 Å². The molecule has 0 fully saturated rings. The van der Waals surface area contributed by atoms with Crippen LogP contribution in [0.2, 0.25) is 0 Å². The van der Waals surface area contributed by atoms with E-state index in [9.17, 15) is 20.2 Å². The molecule has 0 spiro atoms. The van der Waals surface area contributed by atoms with Gasteiger partial charge >= 0.3 is 5.69 Å². The highest BCUT2D eigenvalue weighted by molar-refractivity contribution is 5.61. The van der Waals surface area contributed by atoms with Crippen LogP contribution in [0.25, 0.3) is 16.8 Å². The molecule has 0 saturated heterocycles. The number of hydrogen-bond donors (Lipinski definition) is 0. The van der Waals surface area contributed by atoms with Crippen molar-refractivity contribution < 1.29 is 43.8 Å². The highest BCUT2D eigenvalue weighted by atomic mass is 35.5. The third-order valence-electron chi connectivity index (χ3n) is 4.91. The third-order valence-corrected chi connectivity index (χ3v) is 4.91. The number of benzene rings is 2. The van der Waals surface area contributed by atoms with Crippen molar-refractivity contribution >= 4 is 11.4 Å². The fraction of sp³-hybridized carbons (Fsp3) is 0.0435. The van der Waals surface area contributed by atoms with Gasteiger partial charge in [0.1, 0.15) is 6.07 Å². The third kappa shape index (κ3) is 5.88. The van der Waals surface area contributed by atoms with Gasteiger partial charge in [-0.05, 0) is 11.1 Å². The Morgan fingerprint density at radius 3 is 1.82 bits per heavy atom. The Morgan fingerprint density at radius 1 is 0.697 bits per heavy atom. The maximum absolute atomic E-state index is 11.4. The molecular weight excluding hydrogens is 467 g/mol. The molecule has 0 radical (unpaired) electrons. The molecule has 33 heavy (non-hydrogen) atoms. The van der Waals surface area contributed by atoms with Gasteiger partial charge in [-0.3, -0.25) is 20.2 Å². The van der Waals surface area contributed by atoms with Crippen LogP contribution in [0.3, 0.4) is 0 Å². The molecule has 0 saturated carbocycles. The van der Waals surface area contributed by atoms with Crippen molar-refractivity contribution in [3.63, 3.8) is 0 Å². The first-order valence-electron chi connectivity index (χ1n) is 9.49. The average Bonchev–Trinajstić information content (AvgIpc) is 2.80. The Kier molecular flexibility index (Phi) is 8.56. The molecule has 0 aliphatic carbocycles. The molecule has 2 aromatic heterocycles. The summed E-state index contributed by atoms with van der Waals surface area (Å²) in [7, 11) is 0. The van der Waals surface area contributed by atoms with Gasteiger partial charge in [0.2, 0.25) is 0 Å². The topological polar surface area (TPSA) is 94.0 Å². The summed E-state index contributed by atoms with van der Waals surface area (Å²) in [6.45, 7) is 0.778. The lowest BCUT2D eigenvalue weighted by molar-refractivity contribution is -0.688. The number of halogens is 2. The SMILES string of the molecule is O=[N+]([O-])c1ccc(-[n+]2ccc(-c3cc[n+](Cc4ccccc4)cc3)cc2)c([N+](=O)[O-])c1.[Cl-].[Cl-]. The molecule has 10 heteroatoms. The van der Waals surface area contributed by atoms with Crippen molar-refractivity contribution in [1.82, 2.24) is 0 Å². The van der Waals surface area contributed by atoms with Crippen LogP contribution >= 0.6 is 0 Å². The van der Waals surface area contributed by atoms with Crippen LogP contribution in [-0.2, 0) is 6.54 Å². The molecule has 0 aliphatic heterocycles. The minimum atomic E-state index is -0.649. The second-order valence-electron chi connectivity index (χ2n) is 6.93. The van der Waals surface area contributed by atoms with Crippen molar-refractivity contribution in [3.05, 3.63) is 123 Å². The summed E-state index contributed by atoms with van der Waals surface area (Å²) in [5, 5.41) is 22.3. The highest BCUT2D eigenvalue weighted by Gasteiger charge is 2.26. The number of nitro groups is 2. The number of nitro benzene ring substituents is 2. The number of rotatable bonds is 6. The van der Waals surface area contributed by atoms with E-state index in [1.807, 2.05) is 54.9 Å². The quantitative estimate of drug-likeness (QED) is 0.176. The van der Waals surface area contributed by atoms with E-state index in [-0.39, 0.29) is 41.9 Å². The van der Waals surface area contributed by atoms with Gasteiger partial charge in [0.15, 0.2) is 31.3 Å². The highest BCUT2D eigenvalue weighted by Crippen LogP contribution is 2.25. The lowest BCUT2D eigenvalue weighted by Gasteiger charge is -2.02. The molecular formula is C23H18Cl2N4O4. The van der Waals surface area contributed by atoms with Gasteiger partial charge in [0.05, 0.1) is 9.85 Å². The van der Waals surface area contributed by atoms with Crippen LogP contribution in [0.1, 0.15) is 5.56 Å². The summed E-state index contributed by atoms with van der Waals surface area (Å²) in [5.74, 6) is 0. The van der Waals surface area contributed by atoms with Gasteiger partial charge in [0.25, 0.3) is 11.4 Å². The molecule has 0 unspecified atom stereocenters. The van der Waals surface area contributed by atoms with Gasteiger partial charge in [-0.25, -0.2) is 4.57 Å². The lowest BCUT2D eigenvalue weighted by Crippen LogP contribution is -3.00. The zero-order chi connectivity index (χ0) is 21.8. The van der Waals surface area contributed by atoms with Crippen LogP contribution in [0.4, 0.5) is 11.4 Å². The Balaban J connectivity index is 0.00000193. The van der Waals surface area contributed by atoms with Gasteiger partial charge in [0, 0.05) is 42.0 Å². The van der Waals surface area contributed by atoms with Gasteiger partial charge < -0.3 is 24.8 Å². The van der Waals surface area contributed by atoms with Gasteiger partial charge in [-0.1, -0.05) is 30.3 Å². The fourth-order valence-electron chi connectivity index (χ4n) is 3.32. The van der Waals surface area contributed by atoms with Crippen molar-refractivity contribution in [1.29, 1.82) is 0 Å². The van der Waals surface area contributed by atoms with E-state index in [4.69, 9.17) is 0 Å². The number of aromatic nitrogens is 2. The molecule has 0 atom stereocenters. The van der Waals surface area contributed by atoms with E-state index < -0.39 is 9.85 Å². The summed E-state index contributed by atoms with van der Waals surface area (Å²) < 4.78 is 3.66. The van der Waals surface area contributed by atoms with E-state index in [1.54, 1.807) is 17.0 Å². The number of non-ortho nitro benzene ring substituents is 1. The minimum Gasteiger partial charge on any atom is -1.00 e. The van der Waals surface area contributed by atoms with Crippen molar-refractivity contribution in [2.75, 3.05) is 0 Å². The Labute approximate surface area is 201 Å². The Morgan fingerprint density at radius 2 is 1.27 bits per heavy atom. The summed E-state index contributed by atoms with van der Waals surface area (Å²) in [4.78, 5) is 21.0. The van der Waals surface area contributed by atoms with Gasteiger partial charge in [-0.2, -0.15) is 4.57 Å². The molecule has 2 aromatic carbocycles. The zero-order valence-corrected chi connectivity index (χ0v) is 18.6. The molecule has 0 aliphatic rings. The maximum Gasteiger partial charge on any atom is 0.347 e. The smallest absolute Gasteiger partial charge is 0.347 e. The van der Waals surface area contributed by atoms with E-state index in [0.29, 0.717) is 0 Å². The summed E-state index contributed by atoms with van der Waals surface area (Å²) in [6.07, 6.45) is 7.41. The van der Waals surface area contributed by atoms with Crippen LogP contribution < -0.4 is 33.9 Å². The van der Waals surface area contributed by atoms with Crippen LogP contribution in [0.5, 0.6) is 0 Å². The molecule has 4 rings (SSSR count). The average molecular weight is 485 g/mol. The molecule has 8 nitrogen and oxygen atoms in total. The second kappa shape index (κ2) is 11.1. The zero-order valence-electron chi connectivity index (χ0n) is 17.1. The Hall–Kier alpha value is -3.88. The van der Waals surface area contributed by atoms with Gasteiger partial charge in [-0.15, -0.1) is 0 Å². The summed E-state index contributed by atoms with van der Waals surface area (Å²) in [5.41, 5.74) is 2.79. The summed E-state index contributed by atoms with van der Waals surface area (Å²) >= 11 is 0. The van der Waals surface area contributed by atoms with Crippen LogP contribution in [0, 0.1) is 20.2 Å². The maximum atomic E-state index is 11.4. The lowest BCUT2D eigenvalue weighted by atomic mass is 10.1. The molecule has 0 bridgehead atoms. The predicted molar refractivity (Wildman–Crippen MR) is 112 cm³/mol. The number of hydrogen-bond acceptors (Lipinski definition) is 4. The predicted octanol–water partition coefficient (Wildman–Crippen LogP) is -2.21. The molecule has 168 valence electrons. The first-order chi connectivity index (χ1) is 15.0. The van der Waals surface area contributed by atoms with E-state index in [1.165, 1.54) is 17.7 Å². The fourth-order valence-corrected chi connectivity index (χ4v) is 3.32. The van der Waals surface area contributed by atoms with E-state index in [0.717, 1.165) is 23.7 Å². The molecule has 0 N–H and O–H groups in total. The van der Waals surface area contributed by atoms with Crippen molar-refractivity contribution in [2.45, 2.75) is 6.54 Å². The van der Waals surface area contributed by atoms with Crippen molar-refractivity contribution in [2.24, 2.45) is 0 Å². The van der Waals surface area contributed by atoms with E-state index in [2.05, 4.69) is 16.7 Å². The normalized spacial score (nSPS) is 9.94. The minimum absolute atomic E-state index is 0. The second-order valence-corrected chi connectivity index (χ2v) is 6.93. The monoisotopic (exact) mass is 484 g/mol. The molecule has 2 heterocycles. The van der Waals surface area contributed by atoms with Crippen molar-refractivity contribution in [3.8, 4) is 16.8 Å². The summed E-state index contributed by atoms with van der Waals surface area (Å²) in [6, 6.07) is 21.5. The molecule has 4 aromatic rings. The first-order valence-corrected chi connectivity index (χ1v) is 9.49. The van der Waals surface area contributed by atoms with Crippen LogP contribution in [-0.4, -0.2) is 9.85 Å². The van der Waals surface area contributed by atoms with Crippen LogP contribution in [0.15, 0.2) is 97.6 Å². The number of nitrogens with zero attached hydrogens (tertiary/aromatic N) is 4. The standard InChI is InChI=1S/C23H18N4O4.2ClH/c28-26(29)21-6-7-22(23(16-21)27(30)31)25-14-10-20(11-15-25)19-8-12-24(13-9-19)17-18-4-2-1-3-5-18;;/h1-16H,17H2;2*1H/q+2;;/p-2. The molecule has 0 amide bonds. The Bertz CT molecular complexity index is 1250. The first kappa shape index (κ1) is 25.4.